The minimum atomic E-state index is -0.372. The highest BCUT2D eigenvalue weighted by Gasteiger charge is 2.25. The van der Waals surface area contributed by atoms with Gasteiger partial charge in [-0.05, 0) is 50.6 Å². The van der Waals surface area contributed by atoms with Crippen LogP contribution in [0.3, 0.4) is 0 Å². The lowest BCUT2D eigenvalue weighted by atomic mass is 10.1. The monoisotopic (exact) mass is 383 g/mol. The standard InChI is InChI=1S/C21H22ClN3O2/c1-5-25(21(27)16-9-7-6-8-13(16)2)14(3)19-23-18-12-15(22)10-11-17(18)20(26)24(19)4/h6-12,14H,5H2,1-4H3. The zero-order valence-electron chi connectivity index (χ0n) is 15.9. The average Bonchev–Trinajstić information content (AvgIpc) is 2.65. The van der Waals surface area contributed by atoms with E-state index in [-0.39, 0.29) is 17.5 Å². The van der Waals surface area contributed by atoms with Crippen LogP contribution in [0.2, 0.25) is 5.02 Å². The maximum absolute atomic E-state index is 13.1. The van der Waals surface area contributed by atoms with Crippen molar-refractivity contribution in [1.29, 1.82) is 0 Å². The molecule has 27 heavy (non-hydrogen) atoms. The molecule has 140 valence electrons. The van der Waals surface area contributed by atoms with E-state index in [1.54, 1.807) is 30.1 Å². The van der Waals surface area contributed by atoms with Gasteiger partial charge in [-0.15, -0.1) is 0 Å². The zero-order chi connectivity index (χ0) is 19.7. The fraction of sp³-hybridized carbons (Fsp3) is 0.286. The Morgan fingerprint density at radius 2 is 1.96 bits per heavy atom. The Morgan fingerprint density at radius 3 is 2.63 bits per heavy atom. The van der Waals surface area contributed by atoms with Crippen LogP contribution in [0.4, 0.5) is 0 Å². The van der Waals surface area contributed by atoms with E-state index in [4.69, 9.17) is 11.6 Å². The summed E-state index contributed by atoms with van der Waals surface area (Å²) in [6.45, 7) is 6.22. The van der Waals surface area contributed by atoms with Crippen LogP contribution in [0.15, 0.2) is 47.3 Å². The van der Waals surface area contributed by atoms with Crippen molar-refractivity contribution in [2.75, 3.05) is 6.54 Å². The van der Waals surface area contributed by atoms with Gasteiger partial charge in [0.15, 0.2) is 0 Å². The van der Waals surface area contributed by atoms with Crippen LogP contribution in [0.1, 0.15) is 41.6 Å². The fourth-order valence-corrected chi connectivity index (χ4v) is 3.50. The number of benzene rings is 2. The summed E-state index contributed by atoms with van der Waals surface area (Å²) in [5.74, 6) is 0.446. The number of hydrogen-bond acceptors (Lipinski definition) is 3. The molecule has 1 heterocycles. The van der Waals surface area contributed by atoms with Crippen molar-refractivity contribution < 1.29 is 4.79 Å². The second kappa shape index (κ2) is 7.53. The molecule has 1 atom stereocenters. The van der Waals surface area contributed by atoms with Gasteiger partial charge in [0.2, 0.25) is 0 Å². The van der Waals surface area contributed by atoms with Gasteiger partial charge in [0.05, 0.1) is 16.9 Å². The van der Waals surface area contributed by atoms with Crippen LogP contribution in [-0.2, 0) is 7.05 Å². The highest BCUT2D eigenvalue weighted by molar-refractivity contribution is 6.31. The van der Waals surface area contributed by atoms with Gasteiger partial charge < -0.3 is 4.90 Å². The largest absolute Gasteiger partial charge is 0.329 e. The summed E-state index contributed by atoms with van der Waals surface area (Å²) in [6, 6.07) is 12.1. The highest BCUT2D eigenvalue weighted by Crippen LogP contribution is 2.23. The van der Waals surface area contributed by atoms with Gasteiger partial charge in [-0.2, -0.15) is 0 Å². The first-order chi connectivity index (χ1) is 12.8. The van der Waals surface area contributed by atoms with E-state index in [1.165, 1.54) is 4.57 Å². The number of fused-ring (bicyclic) bond motifs is 1. The van der Waals surface area contributed by atoms with Crippen molar-refractivity contribution >= 4 is 28.4 Å². The normalized spacial score (nSPS) is 12.2. The number of halogens is 1. The molecule has 1 amide bonds. The van der Waals surface area contributed by atoms with Crippen molar-refractivity contribution in [3.8, 4) is 0 Å². The number of aromatic nitrogens is 2. The number of hydrogen-bond donors (Lipinski definition) is 0. The molecule has 6 heteroatoms. The first-order valence-electron chi connectivity index (χ1n) is 8.88. The van der Waals surface area contributed by atoms with E-state index in [1.807, 2.05) is 45.0 Å². The van der Waals surface area contributed by atoms with E-state index in [0.717, 1.165) is 5.56 Å². The third-order valence-corrected chi connectivity index (χ3v) is 5.13. The summed E-state index contributed by atoms with van der Waals surface area (Å²) in [5.41, 5.74) is 1.95. The molecule has 3 rings (SSSR count). The van der Waals surface area contributed by atoms with Crippen LogP contribution in [0.25, 0.3) is 10.9 Å². The first kappa shape index (κ1) is 19.1. The van der Waals surface area contributed by atoms with Gasteiger partial charge in [0, 0.05) is 24.2 Å². The van der Waals surface area contributed by atoms with Gasteiger partial charge in [0.1, 0.15) is 5.82 Å². The Hall–Kier alpha value is -2.66. The van der Waals surface area contributed by atoms with E-state index >= 15 is 0 Å². The number of amides is 1. The molecule has 0 saturated heterocycles. The van der Waals surface area contributed by atoms with E-state index < -0.39 is 0 Å². The molecular weight excluding hydrogens is 362 g/mol. The number of aryl methyl sites for hydroxylation is 1. The summed E-state index contributed by atoms with van der Waals surface area (Å²) < 4.78 is 1.51. The first-order valence-corrected chi connectivity index (χ1v) is 9.25. The molecule has 0 aliphatic carbocycles. The second-order valence-electron chi connectivity index (χ2n) is 6.58. The molecular formula is C21H22ClN3O2. The van der Waals surface area contributed by atoms with Gasteiger partial charge in [-0.25, -0.2) is 4.98 Å². The topological polar surface area (TPSA) is 55.2 Å². The minimum absolute atomic E-state index is 0.0801. The molecule has 2 aromatic carbocycles. The lowest BCUT2D eigenvalue weighted by molar-refractivity contribution is 0.0691. The van der Waals surface area contributed by atoms with Crippen LogP contribution in [-0.4, -0.2) is 26.9 Å². The SMILES string of the molecule is CCN(C(=O)c1ccccc1C)C(C)c1nc2cc(Cl)ccc2c(=O)n1C. The molecule has 0 N–H and O–H groups in total. The highest BCUT2D eigenvalue weighted by atomic mass is 35.5. The number of carbonyl (C=O) groups excluding carboxylic acids is 1. The molecule has 0 aliphatic rings. The maximum Gasteiger partial charge on any atom is 0.261 e. The second-order valence-corrected chi connectivity index (χ2v) is 7.01. The third kappa shape index (κ3) is 3.47. The Balaban J connectivity index is 2.09. The Morgan fingerprint density at radius 1 is 1.26 bits per heavy atom. The number of carbonyl (C=O) groups is 1. The molecule has 0 radical (unpaired) electrons. The van der Waals surface area contributed by atoms with Crippen LogP contribution >= 0.6 is 11.6 Å². The van der Waals surface area contributed by atoms with Crippen LogP contribution in [0.5, 0.6) is 0 Å². The van der Waals surface area contributed by atoms with Crippen molar-refractivity contribution in [3.05, 3.63) is 74.8 Å². The predicted octanol–water partition coefficient (Wildman–Crippen LogP) is 4.12. The quantitative estimate of drug-likeness (QED) is 0.681. The lowest BCUT2D eigenvalue weighted by Gasteiger charge is -2.29. The van der Waals surface area contributed by atoms with Gasteiger partial charge in [-0.1, -0.05) is 29.8 Å². The molecule has 5 nitrogen and oxygen atoms in total. The molecule has 0 aliphatic heterocycles. The number of nitrogens with zero attached hydrogens (tertiary/aromatic N) is 3. The van der Waals surface area contributed by atoms with Crippen molar-refractivity contribution in [1.82, 2.24) is 14.5 Å². The Kier molecular flexibility index (Phi) is 5.33. The summed E-state index contributed by atoms with van der Waals surface area (Å²) in [4.78, 5) is 32.2. The summed E-state index contributed by atoms with van der Waals surface area (Å²) >= 11 is 6.07. The van der Waals surface area contributed by atoms with Crippen molar-refractivity contribution in [2.24, 2.45) is 7.05 Å². The Labute approximate surface area is 163 Å². The van der Waals surface area contributed by atoms with Crippen LogP contribution in [0, 0.1) is 6.92 Å². The van der Waals surface area contributed by atoms with Gasteiger partial charge in [-0.3, -0.25) is 14.2 Å². The third-order valence-electron chi connectivity index (χ3n) is 4.89. The fourth-order valence-electron chi connectivity index (χ4n) is 3.34. The Bertz CT molecular complexity index is 1070. The molecule has 0 spiro atoms. The summed E-state index contributed by atoms with van der Waals surface area (Å²) in [7, 11) is 1.68. The van der Waals surface area contributed by atoms with Gasteiger partial charge >= 0.3 is 0 Å². The van der Waals surface area contributed by atoms with Crippen molar-refractivity contribution in [3.63, 3.8) is 0 Å². The predicted molar refractivity (Wildman–Crippen MR) is 108 cm³/mol. The maximum atomic E-state index is 13.1. The number of rotatable bonds is 4. The molecule has 1 aromatic heterocycles. The van der Waals surface area contributed by atoms with E-state index in [2.05, 4.69) is 4.98 Å². The zero-order valence-corrected chi connectivity index (χ0v) is 16.6. The van der Waals surface area contributed by atoms with E-state index in [0.29, 0.717) is 33.9 Å². The van der Waals surface area contributed by atoms with E-state index in [9.17, 15) is 9.59 Å². The van der Waals surface area contributed by atoms with Crippen molar-refractivity contribution in [2.45, 2.75) is 26.8 Å². The molecule has 0 fully saturated rings. The minimum Gasteiger partial charge on any atom is -0.329 e. The van der Waals surface area contributed by atoms with Crippen LogP contribution < -0.4 is 5.56 Å². The smallest absolute Gasteiger partial charge is 0.261 e. The summed E-state index contributed by atoms with van der Waals surface area (Å²) in [6.07, 6.45) is 0. The lowest BCUT2D eigenvalue weighted by Crippen LogP contribution is -2.37. The molecule has 0 bridgehead atoms. The van der Waals surface area contributed by atoms with Gasteiger partial charge in [0.25, 0.3) is 11.5 Å². The molecule has 0 saturated carbocycles. The summed E-state index contributed by atoms with van der Waals surface area (Å²) in [5, 5.41) is 1.02. The molecule has 1 unspecified atom stereocenters. The molecule has 3 aromatic rings. The average molecular weight is 384 g/mol.